The Morgan fingerprint density at radius 2 is 1.57 bits per heavy atom. The monoisotopic (exact) mass is 296 g/mol. The molecule has 1 atom stereocenters. The molecule has 1 unspecified atom stereocenters. The largest absolute Gasteiger partial charge is 0.384 e. The number of hydrogen-bond donors (Lipinski definition) is 1. The summed E-state index contributed by atoms with van der Waals surface area (Å²) in [7, 11) is 1.61. The summed E-state index contributed by atoms with van der Waals surface area (Å²) < 4.78 is 44.2. The minimum absolute atomic E-state index is 0.0314. The van der Waals surface area contributed by atoms with Crippen LogP contribution in [0.4, 0.5) is 13.2 Å². The molecule has 0 bridgehead atoms. The number of ether oxygens (including phenoxy) is 1. The Labute approximate surface area is 120 Å². The van der Waals surface area contributed by atoms with E-state index in [1.807, 2.05) is 0 Å². The van der Waals surface area contributed by atoms with Crippen LogP contribution < -0.4 is 0 Å². The van der Waals surface area contributed by atoms with Crippen molar-refractivity contribution in [2.24, 2.45) is 0 Å². The van der Waals surface area contributed by atoms with Gasteiger partial charge in [0, 0.05) is 7.11 Å². The lowest BCUT2D eigenvalue weighted by molar-refractivity contribution is 0.202. The van der Waals surface area contributed by atoms with Gasteiger partial charge >= 0.3 is 0 Å². The summed E-state index contributed by atoms with van der Waals surface area (Å²) in [4.78, 5) is 0. The topological polar surface area (TPSA) is 29.5 Å². The van der Waals surface area contributed by atoms with E-state index in [2.05, 4.69) is 0 Å². The predicted molar refractivity (Wildman–Crippen MR) is 72.4 cm³/mol. The van der Waals surface area contributed by atoms with Crippen molar-refractivity contribution in [3.05, 3.63) is 70.5 Å². The van der Waals surface area contributed by atoms with Crippen molar-refractivity contribution in [1.29, 1.82) is 0 Å². The molecular formula is C16H15F3O2. The van der Waals surface area contributed by atoms with E-state index in [0.717, 1.165) is 24.1 Å². The van der Waals surface area contributed by atoms with Crippen molar-refractivity contribution in [3.63, 3.8) is 0 Å². The third-order valence-electron chi connectivity index (χ3n) is 3.21. The first-order valence-corrected chi connectivity index (χ1v) is 6.43. The van der Waals surface area contributed by atoms with Gasteiger partial charge in [-0.15, -0.1) is 0 Å². The molecule has 0 aliphatic heterocycles. The minimum Gasteiger partial charge on any atom is -0.384 e. The average molecular weight is 296 g/mol. The zero-order valence-electron chi connectivity index (χ0n) is 11.4. The summed E-state index contributed by atoms with van der Waals surface area (Å²) in [6.45, 7) is 0.580. The molecular weight excluding hydrogens is 281 g/mol. The lowest BCUT2D eigenvalue weighted by atomic mass is 9.99. The van der Waals surface area contributed by atoms with Gasteiger partial charge in [0.25, 0.3) is 0 Å². The molecule has 0 aromatic heterocycles. The van der Waals surface area contributed by atoms with Crippen molar-refractivity contribution >= 4 is 0 Å². The molecule has 0 spiro atoms. The van der Waals surface area contributed by atoms with E-state index in [1.165, 1.54) is 0 Å². The summed E-state index contributed by atoms with van der Waals surface area (Å²) in [6, 6.07) is 8.51. The van der Waals surface area contributed by atoms with Gasteiger partial charge in [0.05, 0.1) is 6.61 Å². The predicted octanol–water partition coefficient (Wildman–Crippen LogP) is 3.37. The van der Waals surface area contributed by atoms with Crippen molar-refractivity contribution in [2.75, 3.05) is 13.7 Å². The third kappa shape index (κ3) is 3.62. The van der Waals surface area contributed by atoms with E-state index < -0.39 is 23.6 Å². The molecule has 2 aromatic carbocycles. The molecule has 0 aliphatic rings. The maximum atomic E-state index is 13.2. The lowest BCUT2D eigenvalue weighted by Crippen LogP contribution is -2.03. The number of halogens is 3. The highest BCUT2D eigenvalue weighted by Crippen LogP contribution is 2.25. The summed E-state index contributed by atoms with van der Waals surface area (Å²) in [5.41, 5.74) is 1.46. The average Bonchev–Trinajstić information content (AvgIpc) is 2.50. The van der Waals surface area contributed by atoms with Gasteiger partial charge in [0.1, 0.15) is 6.10 Å². The number of rotatable bonds is 5. The van der Waals surface area contributed by atoms with Crippen LogP contribution in [0, 0.1) is 17.5 Å². The quantitative estimate of drug-likeness (QED) is 0.857. The van der Waals surface area contributed by atoms with Gasteiger partial charge in [-0.2, -0.15) is 0 Å². The summed E-state index contributed by atoms with van der Waals surface area (Å²) in [5.74, 6) is -4.18. The number of aliphatic hydroxyl groups excluding tert-OH is 1. The first-order chi connectivity index (χ1) is 10.0. The van der Waals surface area contributed by atoms with E-state index in [0.29, 0.717) is 12.2 Å². The molecule has 0 amide bonds. The van der Waals surface area contributed by atoms with Crippen LogP contribution in [0.3, 0.4) is 0 Å². The van der Waals surface area contributed by atoms with E-state index in [9.17, 15) is 18.3 Å². The molecule has 112 valence electrons. The molecule has 2 rings (SSSR count). The van der Waals surface area contributed by atoms with Gasteiger partial charge in [-0.25, -0.2) is 13.2 Å². The minimum atomic E-state index is -1.54. The van der Waals surface area contributed by atoms with Crippen LogP contribution in [0.15, 0.2) is 36.4 Å². The first-order valence-electron chi connectivity index (χ1n) is 6.43. The molecule has 0 aliphatic carbocycles. The molecule has 2 aromatic rings. The van der Waals surface area contributed by atoms with Crippen molar-refractivity contribution in [2.45, 2.75) is 12.5 Å². The fourth-order valence-electron chi connectivity index (χ4n) is 2.01. The number of hydrogen-bond acceptors (Lipinski definition) is 2. The fourth-order valence-corrected chi connectivity index (χ4v) is 2.01. The Balaban J connectivity index is 2.21. The lowest BCUT2D eigenvalue weighted by Gasteiger charge is -2.13. The Kier molecular flexibility index (Phi) is 4.98. The zero-order valence-corrected chi connectivity index (χ0v) is 11.4. The van der Waals surface area contributed by atoms with Gasteiger partial charge in [0.2, 0.25) is 0 Å². The van der Waals surface area contributed by atoms with Crippen molar-refractivity contribution in [1.82, 2.24) is 0 Å². The third-order valence-corrected chi connectivity index (χ3v) is 3.21. The van der Waals surface area contributed by atoms with Gasteiger partial charge < -0.3 is 9.84 Å². The van der Waals surface area contributed by atoms with Crippen LogP contribution in [-0.2, 0) is 11.2 Å². The normalized spacial score (nSPS) is 12.4. The van der Waals surface area contributed by atoms with Crippen molar-refractivity contribution < 1.29 is 23.0 Å². The van der Waals surface area contributed by atoms with Gasteiger partial charge in [0.15, 0.2) is 17.5 Å². The maximum Gasteiger partial charge on any atom is 0.194 e. The standard InChI is InChI=1S/C16H15F3O2/c1-21-7-6-10-2-4-11(5-3-10)16(20)12-8-13(17)15(19)14(18)9-12/h2-5,8-9,16,20H,6-7H2,1H3. The second-order valence-corrected chi connectivity index (χ2v) is 4.69. The van der Waals surface area contributed by atoms with Gasteiger partial charge in [-0.05, 0) is 35.2 Å². The van der Waals surface area contributed by atoms with Crippen LogP contribution >= 0.6 is 0 Å². The molecule has 2 nitrogen and oxygen atoms in total. The SMILES string of the molecule is COCCc1ccc(C(O)c2cc(F)c(F)c(F)c2)cc1. The van der Waals surface area contributed by atoms with Gasteiger partial charge in [-0.1, -0.05) is 24.3 Å². The van der Waals surface area contributed by atoms with E-state index >= 15 is 0 Å². The molecule has 21 heavy (non-hydrogen) atoms. The molecule has 0 saturated heterocycles. The summed E-state index contributed by atoms with van der Waals surface area (Å²) in [5, 5.41) is 10.1. The number of aliphatic hydroxyl groups is 1. The molecule has 5 heteroatoms. The van der Waals surface area contributed by atoms with E-state index in [4.69, 9.17) is 4.74 Å². The van der Waals surface area contributed by atoms with Crippen LogP contribution in [0.1, 0.15) is 22.8 Å². The van der Waals surface area contributed by atoms with Crippen LogP contribution in [-0.4, -0.2) is 18.8 Å². The van der Waals surface area contributed by atoms with E-state index in [-0.39, 0.29) is 5.56 Å². The molecule has 0 saturated carbocycles. The highest BCUT2D eigenvalue weighted by Gasteiger charge is 2.17. The maximum absolute atomic E-state index is 13.2. The van der Waals surface area contributed by atoms with Crippen LogP contribution in [0.25, 0.3) is 0 Å². The smallest absolute Gasteiger partial charge is 0.194 e. The Bertz CT molecular complexity index is 588. The van der Waals surface area contributed by atoms with Gasteiger partial charge in [-0.3, -0.25) is 0 Å². The fraction of sp³-hybridized carbons (Fsp3) is 0.250. The first kappa shape index (κ1) is 15.5. The zero-order chi connectivity index (χ0) is 15.4. The molecule has 0 heterocycles. The second kappa shape index (κ2) is 6.74. The van der Waals surface area contributed by atoms with Crippen LogP contribution in [0.2, 0.25) is 0 Å². The summed E-state index contributed by atoms with van der Waals surface area (Å²) in [6.07, 6.45) is -0.488. The second-order valence-electron chi connectivity index (χ2n) is 4.69. The summed E-state index contributed by atoms with van der Waals surface area (Å²) >= 11 is 0. The Morgan fingerprint density at radius 1 is 1.00 bits per heavy atom. The number of methoxy groups -OCH3 is 1. The molecule has 1 N–H and O–H groups in total. The highest BCUT2D eigenvalue weighted by atomic mass is 19.2. The molecule has 0 fully saturated rings. The Morgan fingerprint density at radius 3 is 2.10 bits per heavy atom. The Hall–Kier alpha value is -1.85. The van der Waals surface area contributed by atoms with Crippen LogP contribution in [0.5, 0.6) is 0 Å². The number of benzene rings is 2. The van der Waals surface area contributed by atoms with Crippen molar-refractivity contribution in [3.8, 4) is 0 Å². The highest BCUT2D eigenvalue weighted by molar-refractivity contribution is 5.32. The van der Waals surface area contributed by atoms with E-state index in [1.54, 1.807) is 31.4 Å². The molecule has 0 radical (unpaired) electrons.